The minimum atomic E-state index is -0.524. The van der Waals surface area contributed by atoms with E-state index >= 15 is 0 Å². The van der Waals surface area contributed by atoms with Crippen LogP contribution >= 0.6 is 11.6 Å². The standard InChI is InChI=1S/C15H16ClN3O/c16-11-6-4-10(5-7-11)8-9-19-13-3-1-2-12(14(13)17)15(18)20/h1-7,19H,8-9,17H2,(H2,18,20). The maximum atomic E-state index is 11.2. The number of hydrogen-bond donors (Lipinski definition) is 3. The summed E-state index contributed by atoms with van der Waals surface area (Å²) in [5.41, 5.74) is 13.8. The Kier molecular flexibility index (Phi) is 4.48. The highest BCUT2D eigenvalue weighted by molar-refractivity contribution is 6.30. The second-order valence-electron chi connectivity index (χ2n) is 4.43. The molecule has 2 aromatic carbocycles. The van der Waals surface area contributed by atoms with E-state index in [-0.39, 0.29) is 0 Å². The number of benzene rings is 2. The van der Waals surface area contributed by atoms with Gasteiger partial charge in [-0.3, -0.25) is 4.79 Å². The number of halogens is 1. The van der Waals surface area contributed by atoms with Crippen molar-refractivity contribution >= 4 is 28.9 Å². The number of rotatable bonds is 5. The van der Waals surface area contributed by atoms with Gasteiger partial charge >= 0.3 is 0 Å². The molecule has 0 aliphatic heterocycles. The smallest absolute Gasteiger partial charge is 0.250 e. The van der Waals surface area contributed by atoms with Crippen molar-refractivity contribution in [3.63, 3.8) is 0 Å². The van der Waals surface area contributed by atoms with E-state index in [9.17, 15) is 4.79 Å². The first kappa shape index (κ1) is 14.2. The molecule has 0 heterocycles. The molecule has 0 radical (unpaired) electrons. The number of carbonyl (C=O) groups excluding carboxylic acids is 1. The van der Waals surface area contributed by atoms with Crippen LogP contribution in [-0.2, 0) is 6.42 Å². The third kappa shape index (κ3) is 3.42. The highest BCUT2D eigenvalue weighted by atomic mass is 35.5. The lowest BCUT2D eigenvalue weighted by Gasteiger charge is -2.11. The number of nitrogens with two attached hydrogens (primary N) is 2. The number of nitrogen functional groups attached to an aromatic ring is 1. The van der Waals surface area contributed by atoms with Crippen LogP contribution < -0.4 is 16.8 Å². The van der Waals surface area contributed by atoms with Gasteiger partial charge < -0.3 is 16.8 Å². The number of primary amides is 1. The van der Waals surface area contributed by atoms with Crippen LogP contribution in [0.25, 0.3) is 0 Å². The fraction of sp³-hybridized carbons (Fsp3) is 0.133. The Bertz CT molecular complexity index is 611. The van der Waals surface area contributed by atoms with E-state index < -0.39 is 5.91 Å². The number of carbonyl (C=O) groups is 1. The molecule has 0 atom stereocenters. The molecule has 0 spiro atoms. The first-order valence-electron chi connectivity index (χ1n) is 6.24. The number of amides is 1. The van der Waals surface area contributed by atoms with E-state index in [1.54, 1.807) is 12.1 Å². The van der Waals surface area contributed by atoms with Gasteiger partial charge in [0.2, 0.25) is 0 Å². The van der Waals surface area contributed by atoms with Crippen molar-refractivity contribution in [3.05, 3.63) is 58.6 Å². The zero-order valence-electron chi connectivity index (χ0n) is 10.9. The van der Waals surface area contributed by atoms with E-state index in [2.05, 4.69) is 5.32 Å². The van der Waals surface area contributed by atoms with Crippen LogP contribution in [0.3, 0.4) is 0 Å². The van der Waals surface area contributed by atoms with Gasteiger partial charge in [-0.2, -0.15) is 0 Å². The van der Waals surface area contributed by atoms with Crippen LogP contribution in [0, 0.1) is 0 Å². The highest BCUT2D eigenvalue weighted by Crippen LogP contribution is 2.22. The fourth-order valence-corrected chi connectivity index (χ4v) is 2.05. The molecule has 4 nitrogen and oxygen atoms in total. The number of nitrogens with one attached hydrogen (secondary N) is 1. The minimum absolute atomic E-state index is 0.335. The van der Waals surface area contributed by atoms with Gasteiger partial charge in [0.1, 0.15) is 0 Å². The van der Waals surface area contributed by atoms with Crippen molar-refractivity contribution in [2.75, 3.05) is 17.6 Å². The van der Waals surface area contributed by atoms with E-state index in [0.29, 0.717) is 17.8 Å². The average molecular weight is 290 g/mol. The Morgan fingerprint density at radius 2 is 1.85 bits per heavy atom. The lowest BCUT2D eigenvalue weighted by molar-refractivity contribution is 0.100. The van der Waals surface area contributed by atoms with Gasteiger partial charge in [-0.25, -0.2) is 0 Å². The molecular formula is C15H16ClN3O. The first-order chi connectivity index (χ1) is 9.58. The van der Waals surface area contributed by atoms with Crippen molar-refractivity contribution in [2.45, 2.75) is 6.42 Å². The van der Waals surface area contributed by atoms with Crippen LogP contribution in [0.1, 0.15) is 15.9 Å². The van der Waals surface area contributed by atoms with Gasteiger partial charge in [0.05, 0.1) is 16.9 Å². The lowest BCUT2D eigenvalue weighted by Crippen LogP contribution is -2.15. The predicted octanol–water partition coefficient (Wildman–Crippen LogP) is 2.68. The molecule has 2 aromatic rings. The van der Waals surface area contributed by atoms with Gasteiger partial charge in [-0.1, -0.05) is 29.8 Å². The van der Waals surface area contributed by atoms with Crippen LogP contribution in [-0.4, -0.2) is 12.5 Å². The second kappa shape index (κ2) is 6.30. The summed E-state index contributed by atoms with van der Waals surface area (Å²) < 4.78 is 0. The third-order valence-corrected chi connectivity index (χ3v) is 3.27. The maximum Gasteiger partial charge on any atom is 0.250 e. The van der Waals surface area contributed by atoms with Crippen LogP contribution in [0.5, 0.6) is 0 Å². The molecule has 0 saturated heterocycles. The summed E-state index contributed by atoms with van der Waals surface area (Å²) in [7, 11) is 0. The molecule has 1 amide bonds. The van der Waals surface area contributed by atoms with Gasteiger partial charge in [0.25, 0.3) is 5.91 Å². The highest BCUT2D eigenvalue weighted by Gasteiger charge is 2.08. The summed E-state index contributed by atoms with van der Waals surface area (Å²) in [5, 5.41) is 3.93. The third-order valence-electron chi connectivity index (χ3n) is 3.01. The monoisotopic (exact) mass is 289 g/mol. The topological polar surface area (TPSA) is 81.1 Å². The number of hydrogen-bond acceptors (Lipinski definition) is 3. The first-order valence-corrected chi connectivity index (χ1v) is 6.62. The molecule has 2 rings (SSSR count). The van der Waals surface area contributed by atoms with Crippen molar-refractivity contribution in [1.29, 1.82) is 0 Å². The summed E-state index contributed by atoms with van der Waals surface area (Å²) in [6.45, 7) is 0.702. The van der Waals surface area contributed by atoms with Crippen molar-refractivity contribution in [3.8, 4) is 0 Å². The second-order valence-corrected chi connectivity index (χ2v) is 4.87. The lowest BCUT2D eigenvalue weighted by atomic mass is 10.1. The van der Waals surface area contributed by atoms with E-state index in [4.69, 9.17) is 23.1 Å². The Hall–Kier alpha value is -2.20. The van der Waals surface area contributed by atoms with Gasteiger partial charge in [0, 0.05) is 11.6 Å². The number of para-hydroxylation sites is 1. The predicted molar refractivity (Wildman–Crippen MR) is 83.0 cm³/mol. The zero-order valence-corrected chi connectivity index (χ0v) is 11.7. The largest absolute Gasteiger partial charge is 0.396 e. The quantitative estimate of drug-likeness (QED) is 0.740. The van der Waals surface area contributed by atoms with E-state index in [0.717, 1.165) is 17.1 Å². The fourth-order valence-electron chi connectivity index (χ4n) is 1.93. The van der Waals surface area contributed by atoms with Gasteiger partial charge in [0.15, 0.2) is 0 Å². The molecule has 0 saturated carbocycles. The molecule has 5 heteroatoms. The molecule has 0 aromatic heterocycles. The summed E-state index contributed by atoms with van der Waals surface area (Å²) in [6.07, 6.45) is 0.831. The summed E-state index contributed by atoms with van der Waals surface area (Å²) in [4.78, 5) is 11.2. The Balaban J connectivity index is 1.99. The number of anilines is 2. The maximum absolute atomic E-state index is 11.2. The Morgan fingerprint density at radius 3 is 2.50 bits per heavy atom. The molecule has 0 unspecified atom stereocenters. The minimum Gasteiger partial charge on any atom is -0.396 e. The molecule has 20 heavy (non-hydrogen) atoms. The van der Waals surface area contributed by atoms with Crippen molar-refractivity contribution < 1.29 is 4.79 Å². The molecule has 5 N–H and O–H groups in total. The van der Waals surface area contributed by atoms with Gasteiger partial charge in [-0.05, 0) is 36.2 Å². The van der Waals surface area contributed by atoms with Crippen molar-refractivity contribution in [2.24, 2.45) is 5.73 Å². The van der Waals surface area contributed by atoms with Gasteiger partial charge in [-0.15, -0.1) is 0 Å². The van der Waals surface area contributed by atoms with E-state index in [1.807, 2.05) is 30.3 Å². The van der Waals surface area contributed by atoms with E-state index in [1.165, 1.54) is 5.56 Å². The van der Waals surface area contributed by atoms with Crippen molar-refractivity contribution in [1.82, 2.24) is 0 Å². The summed E-state index contributed by atoms with van der Waals surface area (Å²) in [6, 6.07) is 12.9. The Labute approximate surface area is 122 Å². The molecule has 0 aliphatic carbocycles. The van der Waals surface area contributed by atoms with Crippen LogP contribution in [0.4, 0.5) is 11.4 Å². The van der Waals surface area contributed by atoms with Crippen LogP contribution in [0.2, 0.25) is 5.02 Å². The average Bonchev–Trinajstić information content (AvgIpc) is 2.42. The molecule has 0 fully saturated rings. The molecule has 0 aliphatic rings. The zero-order chi connectivity index (χ0) is 14.5. The normalized spacial score (nSPS) is 10.2. The SMILES string of the molecule is NC(=O)c1cccc(NCCc2ccc(Cl)cc2)c1N. The summed E-state index contributed by atoms with van der Waals surface area (Å²) in [5.74, 6) is -0.524. The molecule has 104 valence electrons. The molecule has 0 bridgehead atoms. The van der Waals surface area contributed by atoms with Crippen LogP contribution in [0.15, 0.2) is 42.5 Å². The Morgan fingerprint density at radius 1 is 1.15 bits per heavy atom. The molecular weight excluding hydrogens is 274 g/mol. The summed E-state index contributed by atoms with van der Waals surface area (Å²) >= 11 is 5.83.